The van der Waals surface area contributed by atoms with E-state index in [4.69, 9.17) is 0 Å². The Hall–Kier alpha value is -2.89. The molecular weight excluding hydrogens is 330 g/mol. The van der Waals surface area contributed by atoms with Gasteiger partial charge in [0.2, 0.25) is 0 Å². The summed E-state index contributed by atoms with van der Waals surface area (Å²) in [5.74, 6) is -1.14. The Morgan fingerprint density at radius 1 is 1.23 bits per heavy atom. The Kier molecular flexibility index (Phi) is 5.51. The number of pyridine rings is 1. The molecular formula is C20H23N3O3. The molecule has 1 aliphatic rings. The van der Waals surface area contributed by atoms with E-state index in [2.05, 4.69) is 10.3 Å². The van der Waals surface area contributed by atoms with Crippen LogP contribution in [0, 0.1) is 11.8 Å². The summed E-state index contributed by atoms with van der Waals surface area (Å²) in [5, 5.41) is 12.1. The Morgan fingerprint density at radius 3 is 2.81 bits per heavy atom. The Balaban J connectivity index is 1.62. The number of likely N-dealkylation sites (tertiary alicyclic amines) is 1. The summed E-state index contributed by atoms with van der Waals surface area (Å²) in [6.07, 6.45) is 2.37. The van der Waals surface area contributed by atoms with Crippen molar-refractivity contribution in [3.63, 3.8) is 0 Å². The highest BCUT2D eigenvalue weighted by Crippen LogP contribution is 2.22. The highest BCUT2D eigenvalue weighted by molar-refractivity contribution is 5.76. The normalized spacial score (nSPS) is 19.8. The number of amides is 2. The molecule has 1 aliphatic heterocycles. The lowest BCUT2D eigenvalue weighted by atomic mass is 9.91. The minimum absolute atomic E-state index is 0.183. The number of aliphatic carboxylic acids is 1. The van der Waals surface area contributed by atoms with E-state index in [1.54, 1.807) is 11.1 Å². The van der Waals surface area contributed by atoms with Gasteiger partial charge in [0.05, 0.1) is 11.6 Å². The van der Waals surface area contributed by atoms with E-state index in [9.17, 15) is 14.7 Å². The highest BCUT2D eigenvalue weighted by atomic mass is 16.4. The van der Waals surface area contributed by atoms with Crippen LogP contribution in [0.4, 0.5) is 4.79 Å². The number of carboxylic acid groups (broad SMARTS) is 1. The second kappa shape index (κ2) is 7.99. The van der Waals surface area contributed by atoms with Crippen LogP contribution < -0.4 is 5.32 Å². The van der Waals surface area contributed by atoms with Crippen LogP contribution in [0.5, 0.6) is 0 Å². The van der Waals surface area contributed by atoms with Crippen molar-refractivity contribution in [2.45, 2.75) is 19.9 Å². The van der Waals surface area contributed by atoms with Gasteiger partial charge in [0.15, 0.2) is 0 Å². The van der Waals surface area contributed by atoms with Crippen LogP contribution in [0.2, 0.25) is 0 Å². The molecule has 2 unspecified atom stereocenters. The van der Waals surface area contributed by atoms with E-state index in [0.717, 1.165) is 16.8 Å². The number of rotatable bonds is 4. The summed E-state index contributed by atoms with van der Waals surface area (Å²) in [5.41, 5.74) is 2.85. The fourth-order valence-electron chi connectivity index (χ4n) is 3.36. The van der Waals surface area contributed by atoms with Gasteiger partial charge in [-0.2, -0.15) is 0 Å². The third-order valence-electron chi connectivity index (χ3n) is 4.63. The van der Waals surface area contributed by atoms with E-state index in [1.807, 2.05) is 49.4 Å². The number of nitrogens with one attached hydrogen (secondary N) is 1. The molecule has 0 aliphatic carbocycles. The molecule has 3 rings (SSSR count). The first-order valence-corrected chi connectivity index (χ1v) is 8.79. The van der Waals surface area contributed by atoms with Crippen molar-refractivity contribution < 1.29 is 14.7 Å². The molecule has 0 bridgehead atoms. The number of carbonyl (C=O) groups is 2. The maximum absolute atomic E-state index is 12.4. The molecule has 1 fully saturated rings. The van der Waals surface area contributed by atoms with Gasteiger partial charge in [-0.1, -0.05) is 31.2 Å². The van der Waals surface area contributed by atoms with Crippen molar-refractivity contribution in [2.24, 2.45) is 11.8 Å². The fourth-order valence-corrected chi connectivity index (χ4v) is 3.36. The molecule has 136 valence electrons. The van der Waals surface area contributed by atoms with Gasteiger partial charge in [0.1, 0.15) is 0 Å². The number of urea groups is 1. The maximum atomic E-state index is 12.4. The number of carboxylic acids is 1. The van der Waals surface area contributed by atoms with E-state index < -0.39 is 11.9 Å². The van der Waals surface area contributed by atoms with Crippen LogP contribution in [0.1, 0.15) is 18.9 Å². The number of aromatic nitrogens is 1. The first kappa shape index (κ1) is 17.9. The summed E-state index contributed by atoms with van der Waals surface area (Å²) in [7, 11) is 0. The SMILES string of the molecule is CC1CC(C(=O)O)CN(C(=O)NCc2cccc(-c3ccccn3)c2)C1. The van der Waals surface area contributed by atoms with Crippen LogP contribution in [-0.2, 0) is 11.3 Å². The van der Waals surface area contributed by atoms with Gasteiger partial charge in [-0.25, -0.2) is 4.79 Å². The molecule has 2 heterocycles. The molecule has 0 radical (unpaired) electrons. The summed E-state index contributed by atoms with van der Waals surface area (Å²) in [4.78, 5) is 29.7. The molecule has 1 aromatic carbocycles. The van der Waals surface area contributed by atoms with Gasteiger partial charge >= 0.3 is 12.0 Å². The van der Waals surface area contributed by atoms with Crippen LogP contribution in [0.25, 0.3) is 11.3 Å². The molecule has 26 heavy (non-hydrogen) atoms. The van der Waals surface area contributed by atoms with Crippen molar-refractivity contribution in [3.05, 3.63) is 54.2 Å². The quantitative estimate of drug-likeness (QED) is 0.885. The monoisotopic (exact) mass is 353 g/mol. The topological polar surface area (TPSA) is 82.5 Å². The Bertz CT molecular complexity index is 779. The minimum atomic E-state index is -0.836. The second-order valence-corrected chi connectivity index (χ2v) is 6.86. The predicted molar refractivity (Wildman–Crippen MR) is 98.4 cm³/mol. The van der Waals surface area contributed by atoms with Crippen molar-refractivity contribution in [1.29, 1.82) is 0 Å². The van der Waals surface area contributed by atoms with Crippen LogP contribution in [0.3, 0.4) is 0 Å². The lowest BCUT2D eigenvalue weighted by Gasteiger charge is -2.34. The van der Waals surface area contributed by atoms with Crippen molar-refractivity contribution in [3.8, 4) is 11.3 Å². The molecule has 0 saturated carbocycles. The van der Waals surface area contributed by atoms with Gasteiger partial charge in [-0.05, 0) is 36.1 Å². The average Bonchev–Trinajstić information content (AvgIpc) is 2.66. The van der Waals surface area contributed by atoms with Crippen molar-refractivity contribution in [2.75, 3.05) is 13.1 Å². The van der Waals surface area contributed by atoms with Crippen LogP contribution in [0.15, 0.2) is 48.7 Å². The number of hydrogen-bond acceptors (Lipinski definition) is 3. The highest BCUT2D eigenvalue weighted by Gasteiger charge is 2.31. The van der Waals surface area contributed by atoms with Crippen molar-refractivity contribution in [1.82, 2.24) is 15.2 Å². The van der Waals surface area contributed by atoms with E-state index in [0.29, 0.717) is 19.5 Å². The number of carbonyl (C=O) groups excluding carboxylic acids is 1. The minimum Gasteiger partial charge on any atom is -0.481 e. The number of piperidine rings is 1. The maximum Gasteiger partial charge on any atom is 0.317 e. The molecule has 1 aromatic heterocycles. The number of hydrogen-bond donors (Lipinski definition) is 2. The second-order valence-electron chi connectivity index (χ2n) is 6.86. The summed E-state index contributed by atoms with van der Waals surface area (Å²) >= 11 is 0. The standard InChI is InChI=1S/C20H23N3O3/c1-14-9-17(19(24)25)13-23(12-14)20(26)22-11-15-5-4-6-16(10-15)18-7-2-3-8-21-18/h2-8,10,14,17H,9,11-13H2,1H3,(H,22,26)(H,24,25). The lowest BCUT2D eigenvalue weighted by molar-refractivity contribution is -0.143. The van der Waals surface area contributed by atoms with E-state index >= 15 is 0 Å². The Labute approximate surface area is 152 Å². The van der Waals surface area contributed by atoms with Gasteiger partial charge in [-0.3, -0.25) is 9.78 Å². The fraction of sp³-hybridized carbons (Fsp3) is 0.350. The van der Waals surface area contributed by atoms with Gasteiger partial charge in [0.25, 0.3) is 0 Å². The summed E-state index contributed by atoms with van der Waals surface area (Å²) in [6, 6.07) is 13.4. The molecule has 2 N–H and O–H groups in total. The van der Waals surface area contributed by atoms with Gasteiger partial charge < -0.3 is 15.3 Å². The van der Waals surface area contributed by atoms with Crippen LogP contribution in [-0.4, -0.2) is 40.1 Å². The number of nitrogens with zero attached hydrogens (tertiary/aromatic N) is 2. The molecule has 2 aromatic rings. The first-order valence-electron chi connectivity index (χ1n) is 8.79. The zero-order valence-corrected chi connectivity index (χ0v) is 14.8. The summed E-state index contributed by atoms with van der Waals surface area (Å²) < 4.78 is 0. The molecule has 6 nitrogen and oxygen atoms in total. The molecule has 1 saturated heterocycles. The van der Waals surface area contributed by atoms with E-state index in [1.165, 1.54) is 0 Å². The van der Waals surface area contributed by atoms with E-state index in [-0.39, 0.29) is 18.5 Å². The predicted octanol–water partition coefficient (Wildman–Crippen LogP) is 3.00. The average molecular weight is 353 g/mol. The van der Waals surface area contributed by atoms with Gasteiger partial charge in [0, 0.05) is 31.4 Å². The third kappa shape index (κ3) is 4.39. The number of benzene rings is 1. The van der Waals surface area contributed by atoms with Gasteiger partial charge in [-0.15, -0.1) is 0 Å². The zero-order valence-electron chi connectivity index (χ0n) is 14.8. The molecule has 6 heteroatoms. The smallest absolute Gasteiger partial charge is 0.317 e. The Morgan fingerprint density at radius 2 is 2.08 bits per heavy atom. The third-order valence-corrected chi connectivity index (χ3v) is 4.63. The largest absolute Gasteiger partial charge is 0.481 e. The van der Waals surface area contributed by atoms with Crippen LogP contribution >= 0.6 is 0 Å². The molecule has 0 spiro atoms. The zero-order chi connectivity index (χ0) is 18.5. The lowest BCUT2D eigenvalue weighted by Crippen LogP contribution is -2.49. The summed E-state index contributed by atoms with van der Waals surface area (Å²) in [6.45, 7) is 3.22. The molecule has 2 amide bonds. The van der Waals surface area contributed by atoms with Crippen molar-refractivity contribution >= 4 is 12.0 Å². The molecule has 2 atom stereocenters. The first-order chi connectivity index (χ1) is 12.5.